The molecule has 0 radical (unpaired) electrons. The Bertz CT molecular complexity index is 1160. The molecule has 2 N–H and O–H groups in total. The zero-order chi connectivity index (χ0) is 23.8. The van der Waals surface area contributed by atoms with E-state index >= 15 is 0 Å². The first-order valence-corrected chi connectivity index (χ1v) is 10.6. The first-order valence-electron chi connectivity index (χ1n) is 9.70. The SMILES string of the molecule is CCOC(=O)c1c(-c2ccco2)csc1NC(=O)COC(=O)CNC(=O)c1cccc(F)c1. The maximum Gasteiger partial charge on any atom is 0.341 e. The normalized spacial score (nSPS) is 10.4. The Labute approximate surface area is 191 Å². The van der Waals surface area contributed by atoms with E-state index < -0.39 is 42.7 Å². The van der Waals surface area contributed by atoms with Crippen molar-refractivity contribution in [2.75, 3.05) is 25.1 Å². The minimum absolute atomic E-state index is 0.0390. The van der Waals surface area contributed by atoms with Crippen molar-refractivity contribution in [3.63, 3.8) is 0 Å². The van der Waals surface area contributed by atoms with Crippen molar-refractivity contribution in [2.24, 2.45) is 0 Å². The number of halogens is 1. The molecular formula is C22H19FN2O7S. The van der Waals surface area contributed by atoms with Crippen LogP contribution in [0.3, 0.4) is 0 Å². The van der Waals surface area contributed by atoms with E-state index in [-0.39, 0.29) is 22.7 Å². The number of hydrogen-bond acceptors (Lipinski definition) is 8. The van der Waals surface area contributed by atoms with Gasteiger partial charge in [-0.3, -0.25) is 14.4 Å². The van der Waals surface area contributed by atoms with Gasteiger partial charge in [-0.1, -0.05) is 6.07 Å². The quantitative estimate of drug-likeness (QED) is 0.456. The van der Waals surface area contributed by atoms with Gasteiger partial charge in [0.2, 0.25) is 0 Å². The summed E-state index contributed by atoms with van der Waals surface area (Å²) in [5, 5.41) is 6.63. The first-order chi connectivity index (χ1) is 15.9. The number of esters is 2. The lowest BCUT2D eigenvalue weighted by Crippen LogP contribution is -2.32. The van der Waals surface area contributed by atoms with Gasteiger partial charge in [-0.15, -0.1) is 11.3 Å². The fourth-order valence-electron chi connectivity index (χ4n) is 2.71. The van der Waals surface area contributed by atoms with Crippen LogP contribution in [0.1, 0.15) is 27.6 Å². The molecule has 0 atom stereocenters. The minimum atomic E-state index is -0.872. The van der Waals surface area contributed by atoms with Crippen LogP contribution in [0.15, 0.2) is 52.5 Å². The van der Waals surface area contributed by atoms with Gasteiger partial charge in [-0.25, -0.2) is 9.18 Å². The average Bonchev–Trinajstić information content (AvgIpc) is 3.46. The van der Waals surface area contributed by atoms with E-state index in [1.807, 2.05) is 0 Å². The molecule has 0 saturated carbocycles. The fourth-order valence-corrected chi connectivity index (χ4v) is 3.67. The summed E-state index contributed by atoms with van der Waals surface area (Å²) in [6.45, 7) is 0.628. The summed E-state index contributed by atoms with van der Waals surface area (Å²) >= 11 is 1.08. The van der Waals surface area contributed by atoms with E-state index in [0.717, 1.165) is 17.4 Å². The highest BCUT2D eigenvalue weighted by molar-refractivity contribution is 7.15. The maximum absolute atomic E-state index is 13.2. The summed E-state index contributed by atoms with van der Waals surface area (Å²) in [5.41, 5.74) is 0.617. The molecule has 0 aliphatic heterocycles. The second-order valence-corrected chi connectivity index (χ2v) is 7.33. The molecule has 0 fully saturated rings. The molecule has 0 unspecified atom stereocenters. The first kappa shape index (κ1) is 23.7. The van der Waals surface area contributed by atoms with Crippen molar-refractivity contribution in [1.82, 2.24) is 5.32 Å². The lowest BCUT2D eigenvalue weighted by atomic mass is 10.1. The number of carbonyl (C=O) groups excluding carboxylic acids is 4. The molecule has 0 saturated heterocycles. The van der Waals surface area contributed by atoms with E-state index in [0.29, 0.717) is 11.3 Å². The molecule has 1 aromatic carbocycles. The molecular weight excluding hydrogens is 455 g/mol. The number of ether oxygens (including phenoxy) is 2. The number of anilines is 1. The van der Waals surface area contributed by atoms with Crippen molar-refractivity contribution in [3.8, 4) is 11.3 Å². The lowest BCUT2D eigenvalue weighted by Gasteiger charge is -2.09. The summed E-state index contributed by atoms with van der Waals surface area (Å²) in [7, 11) is 0. The van der Waals surface area contributed by atoms with Crippen LogP contribution < -0.4 is 10.6 Å². The Morgan fingerprint density at radius 2 is 1.94 bits per heavy atom. The number of amides is 2. The van der Waals surface area contributed by atoms with Crippen molar-refractivity contribution in [2.45, 2.75) is 6.92 Å². The number of thiophene rings is 1. The topological polar surface area (TPSA) is 124 Å². The molecule has 3 aromatic rings. The third-order valence-electron chi connectivity index (χ3n) is 4.15. The Hall–Kier alpha value is -3.99. The Balaban J connectivity index is 1.55. The van der Waals surface area contributed by atoms with Gasteiger partial charge < -0.3 is 24.5 Å². The Kier molecular flexibility index (Phi) is 7.92. The molecule has 33 heavy (non-hydrogen) atoms. The lowest BCUT2D eigenvalue weighted by molar-refractivity contribution is -0.146. The van der Waals surface area contributed by atoms with Crippen LogP contribution in [0.5, 0.6) is 0 Å². The van der Waals surface area contributed by atoms with Crippen LogP contribution in [0.4, 0.5) is 9.39 Å². The van der Waals surface area contributed by atoms with Crippen LogP contribution in [0, 0.1) is 5.82 Å². The predicted molar refractivity (Wildman–Crippen MR) is 116 cm³/mol. The highest BCUT2D eigenvalue weighted by Gasteiger charge is 2.24. The maximum atomic E-state index is 13.2. The summed E-state index contributed by atoms with van der Waals surface area (Å²) in [4.78, 5) is 48.4. The van der Waals surface area contributed by atoms with Crippen LogP contribution in [-0.4, -0.2) is 43.5 Å². The molecule has 2 aromatic heterocycles. The fraction of sp³-hybridized carbons (Fsp3) is 0.182. The summed E-state index contributed by atoms with van der Waals surface area (Å²) < 4.78 is 28.4. The third kappa shape index (κ3) is 6.26. The predicted octanol–water partition coefficient (Wildman–Crippen LogP) is 3.24. The molecule has 2 heterocycles. The van der Waals surface area contributed by atoms with E-state index in [2.05, 4.69) is 10.6 Å². The zero-order valence-corrected chi connectivity index (χ0v) is 18.2. The van der Waals surface area contributed by atoms with Gasteiger partial charge in [0, 0.05) is 16.5 Å². The van der Waals surface area contributed by atoms with Gasteiger partial charge in [-0.05, 0) is 37.3 Å². The molecule has 0 aliphatic carbocycles. The van der Waals surface area contributed by atoms with Crippen LogP contribution >= 0.6 is 11.3 Å². The average molecular weight is 474 g/mol. The van der Waals surface area contributed by atoms with E-state index in [1.165, 1.54) is 24.5 Å². The molecule has 9 nitrogen and oxygen atoms in total. The Morgan fingerprint density at radius 3 is 2.64 bits per heavy atom. The van der Waals surface area contributed by atoms with Gasteiger partial charge in [0.25, 0.3) is 11.8 Å². The minimum Gasteiger partial charge on any atom is -0.464 e. The smallest absolute Gasteiger partial charge is 0.341 e. The molecule has 172 valence electrons. The molecule has 2 amide bonds. The molecule has 11 heteroatoms. The van der Waals surface area contributed by atoms with Crippen molar-refractivity contribution >= 4 is 40.1 Å². The second-order valence-electron chi connectivity index (χ2n) is 6.45. The molecule has 0 bridgehead atoms. The standard InChI is InChI=1S/C22H19FN2O7S/c1-2-30-22(29)19-15(16-7-4-8-31-16)12-33-21(19)25-17(26)11-32-18(27)10-24-20(28)13-5-3-6-14(23)9-13/h3-9,12H,2,10-11H2,1H3,(H,24,28)(H,25,26). The number of hydrogen-bond donors (Lipinski definition) is 2. The van der Waals surface area contributed by atoms with Gasteiger partial charge in [0.15, 0.2) is 6.61 Å². The largest absolute Gasteiger partial charge is 0.464 e. The zero-order valence-electron chi connectivity index (χ0n) is 17.4. The van der Waals surface area contributed by atoms with Gasteiger partial charge in [0.05, 0.1) is 12.9 Å². The Morgan fingerprint density at radius 1 is 1.12 bits per heavy atom. The molecule has 0 spiro atoms. The number of carbonyl (C=O) groups is 4. The van der Waals surface area contributed by atoms with Crippen molar-refractivity contribution in [1.29, 1.82) is 0 Å². The number of nitrogens with one attached hydrogen (secondary N) is 2. The van der Waals surface area contributed by atoms with Crippen LogP contribution in [0.25, 0.3) is 11.3 Å². The number of benzene rings is 1. The van der Waals surface area contributed by atoms with Gasteiger partial charge in [0.1, 0.15) is 28.7 Å². The van der Waals surface area contributed by atoms with Crippen molar-refractivity contribution in [3.05, 3.63) is 65.0 Å². The summed E-state index contributed by atoms with van der Waals surface area (Å²) in [6, 6.07) is 8.27. The second kappa shape index (κ2) is 11.0. The molecule has 3 rings (SSSR count). The van der Waals surface area contributed by atoms with E-state index in [4.69, 9.17) is 13.9 Å². The third-order valence-corrected chi connectivity index (χ3v) is 5.05. The van der Waals surface area contributed by atoms with E-state index in [9.17, 15) is 23.6 Å². The monoisotopic (exact) mass is 474 g/mol. The van der Waals surface area contributed by atoms with Crippen molar-refractivity contribution < 1.29 is 37.5 Å². The number of rotatable bonds is 9. The van der Waals surface area contributed by atoms with Crippen LogP contribution in [-0.2, 0) is 19.1 Å². The highest BCUT2D eigenvalue weighted by Crippen LogP contribution is 2.36. The molecule has 0 aliphatic rings. The van der Waals surface area contributed by atoms with E-state index in [1.54, 1.807) is 24.4 Å². The highest BCUT2D eigenvalue weighted by atomic mass is 32.1. The summed E-state index contributed by atoms with van der Waals surface area (Å²) in [6.07, 6.45) is 1.45. The van der Waals surface area contributed by atoms with Gasteiger partial charge >= 0.3 is 11.9 Å². The van der Waals surface area contributed by atoms with Crippen LogP contribution in [0.2, 0.25) is 0 Å². The number of furan rings is 1. The van der Waals surface area contributed by atoms with Gasteiger partial charge in [-0.2, -0.15) is 0 Å². The summed E-state index contributed by atoms with van der Waals surface area (Å²) in [5.74, 6) is -3.04.